The van der Waals surface area contributed by atoms with Crippen molar-refractivity contribution >= 4 is 21.4 Å². The Morgan fingerprint density at radius 3 is 2.92 bits per heavy atom. The summed E-state index contributed by atoms with van der Waals surface area (Å²) in [6.45, 7) is 0. The largest absolute Gasteiger partial charge is 0.313 e. The fourth-order valence-electron chi connectivity index (χ4n) is 3.35. The second-order valence-electron chi connectivity index (χ2n) is 5.79. The van der Waals surface area contributed by atoms with E-state index in [2.05, 4.69) is 10.3 Å². The molecule has 3 heterocycles. The predicted octanol–water partition coefficient (Wildman–Crippen LogP) is 3.06. The van der Waals surface area contributed by atoms with Crippen LogP contribution in [0.2, 0.25) is 0 Å². The lowest BCUT2D eigenvalue weighted by molar-refractivity contribution is 0.579. The van der Waals surface area contributed by atoms with Gasteiger partial charge in [0, 0.05) is 35.6 Å². The number of fused-ring (bicyclic) bond motifs is 1. The Kier molecular flexibility index (Phi) is 3.79. The molecule has 0 saturated heterocycles. The highest BCUT2D eigenvalue weighted by Crippen LogP contribution is 2.41. The molecule has 124 valence electrons. The van der Waals surface area contributed by atoms with E-state index in [4.69, 9.17) is 0 Å². The lowest BCUT2D eigenvalue weighted by Gasteiger charge is -2.12. The summed E-state index contributed by atoms with van der Waals surface area (Å²) < 4.78 is 27.7. The predicted molar refractivity (Wildman–Crippen MR) is 94.7 cm³/mol. The molecule has 0 aliphatic heterocycles. The quantitative estimate of drug-likeness (QED) is 0.778. The van der Waals surface area contributed by atoms with E-state index in [1.165, 1.54) is 10.2 Å². The van der Waals surface area contributed by atoms with Gasteiger partial charge in [0.05, 0.1) is 5.69 Å². The molecule has 1 atom stereocenters. The van der Waals surface area contributed by atoms with Crippen molar-refractivity contribution in [2.45, 2.75) is 23.8 Å². The minimum atomic E-state index is -3.67. The lowest BCUT2D eigenvalue weighted by atomic mass is 10.1. The molecule has 1 aliphatic carbocycles. The van der Waals surface area contributed by atoms with Crippen molar-refractivity contribution in [1.29, 1.82) is 0 Å². The molecule has 0 spiro atoms. The summed E-state index contributed by atoms with van der Waals surface area (Å²) in [5.41, 5.74) is 3.93. The van der Waals surface area contributed by atoms with Gasteiger partial charge in [0.1, 0.15) is 4.90 Å². The number of hydrogen-bond acceptors (Lipinski definition) is 5. The molecule has 0 bridgehead atoms. The summed E-state index contributed by atoms with van der Waals surface area (Å²) >= 11 is 1.57. The smallest absolute Gasteiger partial charge is 0.269 e. The van der Waals surface area contributed by atoms with E-state index in [1.54, 1.807) is 35.9 Å². The van der Waals surface area contributed by atoms with Crippen LogP contribution >= 0.6 is 11.3 Å². The summed E-state index contributed by atoms with van der Waals surface area (Å²) in [6, 6.07) is 5.40. The van der Waals surface area contributed by atoms with Gasteiger partial charge in [0.2, 0.25) is 0 Å². The molecule has 3 aromatic rings. The average Bonchev–Trinajstić information content (AvgIpc) is 3.31. The molecule has 7 heteroatoms. The zero-order chi connectivity index (χ0) is 16.7. The van der Waals surface area contributed by atoms with Crippen LogP contribution in [0.1, 0.15) is 23.6 Å². The van der Waals surface area contributed by atoms with Crippen molar-refractivity contribution in [3.05, 3.63) is 58.7 Å². The van der Waals surface area contributed by atoms with Crippen LogP contribution in [0, 0.1) is 0 Å². The first-order chi connectivity index (χ1) is 11.6. The maximum atomic E-state index is 13.2. The number of hydrogen-bond donors (Lipinski definition) is 1. The highest BCUT2D eigenvalue weighted by molar-refractivity contribution is 7.90. The molecule has 1 aliphatic rings. The van der Waals surface area contributed by atoms with Crippen molar-refractivity contribution in [2.24, 2.45) is 0 Å². The van der Waals surface area contributed by atoms with Crippen molar-refractivity contribution in [1.82, 2.24) is 14.3 Å². The van der Waals surface area contributed by atoms with Crippen molar-refractivity contribution < 1.29 is 8.42 Å². The topological polar surface area (TPSA) is 64.0 Å². The Hall–Kier alpha value is -1.96. The SMILES string of the molecule is CNC1CCc2c1cn(S(=O)(=O)c1cccnc1)c2-c1ccsc1. The van der Waals surface area contributed by atoms with Gasteiger partial charge >= 0.3 is 0 Å². The van der Waals surface area contributed by atoms with Crippen LogP contribution in [0.4, 0.5) is 0 Å². The molecule has 0 fully saturated rings. The molecule has 5 nitrogen and oxygen atoms in total. The maximum Gasteiger partial charge on any atom is 0.269 e. The molecule has 0 amide bonds. The number of aromatic nitrogens is 2. The molecular formula is C17H17N3O2S2. The van der Waals surface area contributed by atoms with Gasteiger partial charge in [-0.1, -0.05) is 0 Å². The lowest BCUT2D eigenvalue weighted by Crippen LogP contribution is -2.16. The molecule has 0 radical (unpaired) electrons. The Labute approximate surface area is 145 Å². The number of rotatable bonds is 4. The van der Waals surface area contributed by atoms with E-state index in [9.17, 15) is 8.42 Å². The first-order valence-electron chi connectivity index (χ1n) is 7.72. The van der Waals surface area contributed by atoms with Gasteiger partial charge in [-0.05, 0) is 54.6 Å². The highest BCUT2D eigenvalue weighted by atomic mass is 32.2. The fraction of sp³-hybridized carbons (Fsp3) is 0.235. The zero-order valence-electron chi connectivity index (χ0n) is 13.1. The Balaban J connectivity index is 1.97. The van der Waals surface area contributed by atoms with Gasteiger partial charge < -0.3 is 5.32 Å². The normalized spacial score (nSPS) is 17.1. The molecule has 24 heavy (non-hydrogen) atoms. The second kappa shape index (κ2) is 5.84. The maximum absolute atomic E-state index is 13.2. The number of nitrogens with one attached hydrogen (secondary N) is 1. The average molecular weight is 359 g/mol. The van der Waals surface area contributed by atoms with Gasteiger partial charge in [0.25, 0.3) is 10.0 Å². The molecule has 0 aromatic carbocycles. The van der Waals surface area contributed by atoms with E-state index in [1.807, 2.05) is 23.9 Å². The standard InChI is InChI=1S/C17H17N3O2S2/c1-18-16-5-4-14-15(16)10-20(17(14)12-6-8-23-11-12)24(21,22)13-3-2-7-19-9-13/h2-3,6-11,16,18H,4-5H2,1H3. The van der Waals surface area contributed by atoms with Crippen LogP contribution in [0.5, 0.6) is 0 Å². The van der Waals surface area contributed by atoms with Gasteiger partial charge in [-0.15, -0.1) is 0 Å². The molecular weight excluding hydrogens is 342 g/mol. The van der Waals surface area contributed by atoms with Crippen LogP contribution in [0.25, 0.3) is 11.3 Å². The van der Waals surface area contributed by atoms with Crippen LogP contribution in [-0.2, 0) is 16.4 Å². The Morgan fingerprint density at radius 1 is 1.38 bits per heavy atom. The van der Waals surface area contributed by atoms with Gasteiger partial charge in [0.15, 0.2) is 0 Å². The molecule has 3 aromatic heterocycles. The summed E-state index contributed by atoms with van der Waals surface area (Å²) in [4.78, 5) is 4.17. The number of thiophene rings is 1. The van der Waals surface area contributed by atoms with Crippen LogP contribution in [-0.4, -0.2) is 24.4 Å². The summed E-state index contributed by atoms with van der Waals surface area (Å²) in [5.74, 6) is 0. The first kappa shape index (κ1) is 15.6. The molecule has 4 rings (SSSR count). The van der Waals surface area contributed by atoms with Crippen LogP contribution in [0.15, 0.2) is 52.4 Å². The van der Waals surface area contributed by atoms with Gasteiger partial charge in [-0.2, -0.15) is 11.3 Å². The third kappa shape index (κ3) is 2.31. The van der Waals surface area contributed by atoms with Crippen LogP contribution in [0.3, 0.4) is 0 Å². The van der Waals surface area contributed by atoms with E-state index < -0.39 is 10.0 Å². The van der Waals surface area contributed by atoms with Crippen molar-refractivity contribution in [3.8, 4) is 11.3 Å². The molecule has 1 N–H and O–H groups in total. The minimum Gasteiger partial charge on any atom is -0.313 e. The summed E-state index contributed by atoms with van der Waals surface area (Å²) in [7, 11) is -1.76. The van der Waals surface area contributed by atoms with Gasteiger partial charge in [-0.25, -0.2) is 12.4 Å². The van der Waals surface area contributed by atoms with E-state index in [0.717, 1.165) is 35.2 Å². The highest BCUT2D eigenvalue weighted by Gasteiger charge is 2.32. The number of nitrogens with zero attached hydrogens (tertiary/aromatic N) is 2. The zero-order valence-corrected chi connectivity index (χ0v) is 14.8. The Bertz CT molecular complexity index is 961. The second-order valence-corrected chi connectivity index (χ2v) is 8.39. The third-order valence-corrected chi connectivity index (χ3v) is 6.83. The Morgan fingerprint density at radius 2 is 2.25 bits per heavy atom. The van der Waals surface area contributed by atoms with E-state index >= 15 is 0 Å². The number of pyridine rings is 1. The van der Waals surface area contributed by atoms with Crippen molar-refractivity contribution in [3.63, 3.8) is 0 Å². The van der Waals surface area contributed by atoms with Crippen molar-refractivity contribution in [2.75, 3.05) is 7.05 Å². The van der Waals surface area contributed by atoms with Crippen LogP contribution < -0.4 is 5.32 Å². The van der Waals surface area contributed by atoms with E-state index in [-0.39, 0.29) is 10.9 Å². The van der Waals surface area contributed by atoms with Gasteiger partial charge in [-0.3, -0.25) is 4.98 Å². The minimum absolute atomic E-state index is 0.197. The van der Waals surface area contributed by atoms with E-state index in [0.29, 0.717) is 0 Å². The molecule has 0 saturated carbocycles. The third-order valence-electron chi connectivity index (χ3n) is 4.50. The first-order valence-corrected chi connectivity index (χ1v) is 10.1. The fourth-order valence-corrected chi connectivity index (χ4v) is 5.37. The summed E-state index contributed by atoms with van der Waals surface area (Å²) in [5, 5.41) is 7.25. The monoisotopic (exact) mass is 359 g/mol. The summed E-state index contributed by atoms with van der Waals surface area (Å²) in [6.07, 6.45) is 6.62. The molecule has 1 unspecified atom stereocenters.